The molecule has 0 radical (unpaired) electrons. The molecule has 2 nitrogen and oxygen atoms in total. The Morgan fingerprint density at radius 2 is 2.00 bits per heavy atom. The van der Waals surface area contributed by atoms with Gasteiger partial charge in [-0.15, -0.1) is 11.6 Å². The SMILES string of the molecule is CCN1C(=O)C(C)(CCl)c2cc(Cl)cc(Cl)c21. The van der Waals surface area contributed by atoms with E-state index in [1.807, 2.05) is 13.8 Å². The second kappa shape index (κ2) is 4.34. The lowest BCUT2D eigenvalue weighted by molar-refractivity contribution is -0.121. The first-order valence-electron chi connectivity index (χ1n) is 5.33. The highest BCUT2D eigenvalue weighted by Crippen LogP contribution is 2.47. The Morgan fingerprint density at radius 1 is 1.35 bits per heavy atom. The number of carbonyl (C=O) groups is 1. The van der Waals surface area contributed by atoms with Gasteiger partial charge in [0.25, 0.3) is 0 Å². The van der Waals surface area contributed by atoms with E-state index < -0.39 is 5.41 Å². The Kier molecular flexibility index (Phi) is 3.32. The van der Waals surface area contributed by atoms with E-state index in [2.05, 4.69) is 0 Å². The van der Waals surface area contributed by atoms with E-state index in [9.17, 15) is 4.79 Å². The van der Waals surface area contributed by atoms with Gasteiger partial charge in [0.1, 0.15) is 0 Å². The van der Waals surface area contributed by atoms with Crippen LogP contribution in [0.2, 0.25) is 10.0 Å². The molecule has 1 aliphatic heterocycles. The lowest BCUT2D eigenvalue weighted by Crippen LogP contribution is -2.39. The number of hydrogen-bond donors (Lipinski definition) is 0. The first kappa shape index (κ1) is 13.0. The predicted molar refractivity (Wildman–Crippen MR) is 72.6 cm³/mol. The highest BCUT2D eigenvalue weighted by atomic mass is 35.5. The molecule has 92 valence electrons. The van der Waals surface area contributed by atoms with Gasteiger partial charge < -0.3 is 4.90 Å². The number of anilines is 1. The molecule has 1 unspecified atom stereocenters. The Labute approximate surface area is 115 Å². The van der Waals surface area contributed by atoms with Crippen molar-refractivity contribution in [2.45, 2.75) is 19.3 Å². The molecule has 2 rings (SSSR count). The first-order valence-corrected chi connectivity index (χ1v) is 6.62. The molecule has 1 aromatic carbocycles. The summed E-state index contributed by atoms with van der Waals surface area (Å²) in [4.78, 5) is 14.0. The minimum atomic E-state index is -0.735. The Hall–Kier alpha value is -0.440. The molecule has 0 bridgehead atoms. The zero-order chi connectivity index (χ0) is 12.8. The zero-order valence-electron chi connectivity index (χ0n) is 9.56. The van der Waals surface area contributed by atoms with E-state index in [0.29, 0.717) is 16.6 Å². The van der Waals surface area contributed by atoms with Crippen molar-refractivity contribution in [1.82, 2.24) is 0 Å². The van der Waals surface area contributed by atoms with E-state index in [1.165, 1.54) is 0 Å². The van der Waals surface area contributed by atoms with Gasteiger partial charge in [-0.2, -0.15) is 0 Å². The molecule has 0 aromatic heterocycles. The summed E-state index contributed by atoms with van der Waals surface area (Å²) in [5.74, 6) is 0.195. The van der Waals surface area contributed by atoms with Crippen LogP contribution in [0.4, 0.5) is 5.69 Å². The summed E-state index contributed by atoms with van der Waals surface area (Å²) in [7, 11) is 0. The molecule has 1 aliphatic rings. The molecule has 1 amide bonds. The summed E-state index contributed by atoms with van der Waals surface area (Å²) in [6, 6.07) is 3.43. The number of halogens is 3. The van der Waals surface area contributed by atoms with Gasteiger partial charge in [0, 0.05) is 17.4 Å². The fourth-order valence-corrected chi connectivity index (χ4v) is 3.06. The molecule has 1 heterocycles. The van der Waals surface area contributed by atoms with Gasteiger partial charge in [-0.3, -0.25) is 4.79 Å². The smallest absolute Gasteiger partial charge is 0.238 e. The van der Waals surface area contributed by atoms with E-state index in [4.69, 9.17) is 34.8 Å². The fourth-order valence-electron chi connectivity index (χ4n) is 2.21. The topological polar surface area (TPSA) is 20.3 Å². The van der Waals surface area contributed by atoms with Crippen molar-refractivity contribution in [3.05, 3.63) is 27.7 Å². The van der Waals surface area contributed by atoms with Gasteiger partial charge in [0.2, 0.25) is 5.91 Å². The van der Waals surface area contributed by atoms with Gasteiger partial charge in [0.05, 0.1) is 16.1 Å². The maximum atomic E-state index is 12.3. The monoisotopic (exact) mass is 291 g/mol. The predicted octanol–water partition coefficient (Wildman–Crippen LogP) is 3.86. The number of nitrogens with zero attached hydrogens (tertiary/aromatic N) is 1. The van der Waals surface area contributed by atoms with E-state index in [-0.39, 0.29) is 11.8 Å². The second-order valence-corrected chi connectivity index (χ2v) is 5.41. The highest BCUT2D eigenvalue weighted by molar-refractivity contribution is 6.38. The number of rotatable bonds is 2. The molecular weight excluding hydrogens is 280 g/mol. The van der Waals surface area contributed by atoms with E-state index >= 15 is 0 Å². The molecule has 0 saturated heterocycles. The van der Waals surface area contributed by atoms with Crippen LogP contribution in [0.1, 0.15) is 19.4 Å². The minimum absolute atomic E-state index is 0.0193. The summed E-state index contributed by atoms with van der Waals surface area (Å²) >= 11 is 18.1. The largest absolute Gasteiger partial charge is 0.310 e. The summed E-state index contributed by atoms with van der Waals surface area (Å²) in [6.45, 7) is 4.30. The van der Waals surface area contributed by atoms with E-state index in [1.54, 1.807) is 17.0 Å². The number of alkyl halides is 1. The van der Waals surface area contributed by atoms with Crippen LogP contribution < -0.4 is 4.90 Å². The van der Waals surface area contributed by atoms with Crippen LogP contribution in [-0.4, -0.2) is 18.3 Å². The highest BCUT2D eigenvalue weighted by Gasteiger charge is 2.47. The number of likely N-dealkylation sites (N-methyl/N-ethyl adjacent to an activating group) is 1. The molecular formula is C12H12Cl3NO. The van der Waals surface area contributed by atoms with Crippen molar-refractivity contribution in [2.75, 3.05) is 17.3 Å². The van der Waals surface area contributed by atoms with Crippen LogP contribution in [-0.2, 0) is 10.2 Å². The Morgan fingerprint density at radius 3 is 2.53 bits per heavy atom. The number of amides is 1. The Bertz CT molecular complexity index is 489. The van der Waals surface area contributed by atoms with Crippen LogP contribution in [0.3, 0.4) is 0 Å². The van der Waals surface area contributed by atoms with Gasteiger partial charge >= 0.3 is 0 Å². The third-order valence-corrected chi connectivity index (χ3v) is 4.23. The maximum absolute atomic E-state index is 12.3. The van der Waals surface area contributed by atoms with Crippen molar-refractivity contribution in [3.63, 3.8) is 0 Å². The Balaban J connectivity index is 2.74. The van der Waals surface area contributed by atoms with Crippen LogP contribution in [0.25, 0.3) is 0 Å². The van der Waals surface area contributed by atoms with Gasteiger partial charge in [-0.1, -0.05) is 23.2 Å². The van der Waals surface area contributed by atoms with Gasteiger partial charge in [-0.25, -0.2) is 0 Å². The second-order valence-electron chi connectivity index (χ2n) is 4.30. The third-order valence-electron chi connectivity index (χ3n) is 3.19. The van der Waals surface area contributed by atoms with Crippen molar-refractivity contribution < 1.29 is 4.79 Å². The standard InChI is InChI=1S/C12H12Cl3NO/c1-3-16-10-8(4-7(14)5-9(10)15)12(2,6-13)11(16)17/h4-5H,3,6H2,1-2H3. The summed E-state index contributed by atoms with van der Waals surface area (Å²) < 4.78 is 0. The third kappa shape index (κ3) is 1.74. The minimum Gasteiger partial charge on any atom is -0.310 e. The van der Waals surface area contributed by atoms with Crippen LogP contribution in [0.15, 0.2) is 12.1 Å². The molecule has 0 N–H and O–H groups in total. The number of benzene rings is 1. The fraction of sp³-hybridized carbons (Fsp3) is 0.417. The van der Waals surface area contributed by atoms with Gasteiger partial charge in [-0.05, 0) is 31.5 Å². The quantitative estimate of drug-likeness (QED) is 0.758. The molecule has 5 heteroatoms. The summed E-state index contributed by atoms with van der Waals surface area (Å²) in [5, 5.41) is 1.02. The van der Waals surface area contributed by atoms with Crippen molar-refractivity contribution >= 4 is 46.4 Å². The lowest BCUT2D eigenvalue weighted by atomic mass is 9.86. The van der Waals surface area contributed by atoms with Gasteiger partial charge in [0.15, 0.2) is 0 Å². The molecule has 1 atom stereocenters. The van der Waals surface area contributed by atoms with Crippen LogP contribution in [0, 0.1) is 0 Å². The van der Waals surface area contributed by atoms with Crippen LogP contribution >= 0.6 is 34.8 Å². The average molecular weight is 293 g/mol. The van der Waals surface area contributed by atoms with E-state index in [0.717, 1.165) is 11.3 Å². The van der Waals surface area contributed by atoms with Crippen LogP contribution in [0.5, 0.6) is 0 Å². The molecule has 0 aliphatic carbocycles. The molecule has 1 aromatic rings. The molecule has 17 heavy (non-hydrogen) atoms. The molecule has 0 saturated carbocycles. The lowest BCUT2D eigenvalue weighted by Gasteiger charge is -2.20. The van der Waals surface area contributed by atoms with Crippen molar-refractivity contribution in [1.29, 1.82) is 0 Å². The van der Waals surface area contributed by atoms with Crippen molar-refractivity contribution in [3.8, 4) is 0 Å². The first-order chi connectivity index (χ1) is 7.95. The number of hydrogen-bond acceptors (Lipinski definition) is 1. The molecule has 0 spiro atoms. The van der Waals surface area contributed by atoms with Crippen molar-refractivity contribution in [2.24, 2.45) is 0 Å². The molecule has 0 fully saturated rings. The number of carbonyl (C=O) groups excluding carboxylic acids is 1. The summed E-state index contributed by atoms with van der Waals surface area (Å²) in [5.41, 5.74) is 0.824. The summed E-state index contributed by atoms with van der Waals surface area (Å²) in [6.07, 6.45) is 0. The normalized spacial score (nSPS) is 23.1. The maximum Gasteiger partial charge on any atom is 0.238 e. The zero-order valence-corrected chi connectivity index (χ0v) is 11.8. The number of fused-ring (bicyclic) bond motifs is 1. The average Bonchev–Trinajstić information content (AvgIpc) is 2.50.